The molecule has 0 amide bonds. The molecule has 0 aliphatic carbocycles. The average molecular weight is 338 g/mol. The number of nitrogens with zero attached hydrogens (tertiary/aromatic N) is 4. The van der Waals surface area contributed by atoms with Gasteiger partial charge >= 0.3 is 5.97 Å². The molecule has 7 heteroatoms. The van der Waals surface area contributed by atoms with Gasteiger partial charge in [0.2, 0.25) is 5.78 Å². The van der Waals surface area contributed by atoms with Gasteiger partial charge in [-0.05, 0) is 13.8 Å². The molecule has 3 rings (SSSR count). The van der Waals surface area contributed by atoms with Crippen molar-refractivity contribution < 1.29 is 9.90 Å². The highest BCUT2D eigenvalue weighted by Crippen LogP contribution is 2.18. The zero-order chi connectivity index (χ0) is 18.1. The summed E-state index contributed by atoms with van der Waals surface area (Å²) in [5.74, 6) is -0.280. The van der Waals surface area contributed by atoms with Crippen molar-refractivity contribution in [3.05, 3.63) is 64.1 Å². The van der Waals surface area contributed by atoms with Crippen LogP contribution in [-0.2, 0) is 17.8 Å². The van der Waals surface area contributed by atoms with Gasteiger partial charge in [0.05, 0.1) is 6.42 Å². The molecule has 0 radical (unpaired) electrons. The van der Waals surface area contributed by atoms with Crippen molar-refractivity contribution in [1.29, 1.82) is 0 Å². The summed E-state index contributed by atoms with van der Waals surface area (Å²) in [6.45, 7) is 7.81. The number of fused-ring (bicyclic) bond motifs is 1. The van der Waals surface area contributed by atoms with Crippen molar-refractivity contribution in [2.75, 3.05) is 0 Å². The van der Waals surface area contributed by atoms with Crippen molar-refractivity contribution >= 4 is 11.7 Å². The summed E-state index contributed by atoms with van der Waals surface area (Å²) in [4.78, 5) is 28.3. The zero-order valence-corrected chi connectivity index (χ0v) is 14.1. The van der Waals surface area contributed by atoms with Crippen LogP contribution in [0.3, 0.4) is 0 Å². The lowest BCUT2D eigenvalue weighted by Gasteiger charge is -2.12. The van der Waals surface area contributed by atoms with Crippen molar-refractivity contribution in [2.45, 2.75) is 26.8 Å². The van der Waals surface area contributed by atoms with E-state index < -0.39 is 11.5 Å². The standard InChI is InChI=1S/C18H18N4O3/c1-4-9-21-12(3)14(10-15(23)24)17(25)22-18(21)19-16(20-22)13-7-5-11(2)6-8-13/h4-8H,1,9-10H2,2-3H3,(H,23,24). The molecule has 1 N–H and O–H groups in total. The first kappa shape index (κ1) is 16.6. The Balaban J connectivity index is 2.29. The normalized spacial score (nSPS) is 11.0. The molecule has 1 aromatic carbocycles. The van der Waals surface area contributed by atoms with Crippen molar-refractivity contribution in [3.8, 4) is 11.4 Å². The highest BCUT2D eigenvalue weighted by molar-refractivity contribution is 5.70. The quantitative estimate of drug-likeness (QED) is 0.719. The van der Waals surface area contributed by atoms with E-state index in [9.17, 15) is 9.59 Å². The number of benzene rings is 1. The number of allylic oxidation sites excluding steroid dienone is 1. The molecule has 0 saturated carbocycles. The first-order chi connectivity index (χ1) is 11.9. The molecule has 7 nitrogen and oxygen atoms in total. The van der Waals surface area contributed by atoms with Gasteiger partial charge in [0.25, 0.3) is 5.56 Å². The van der Waals surface area contributed by atoms with Gasteiger partial charge in [0, 0.05) is 23.4 Å². The average Bonchev–Trinajstić information content (AvgIpc) is 3.01. The number of aryl methyl sites for hydroxylation is 1. The van der Waals surface area contributed by atoms with Gasteiger partial charge in [-0.3, -0.25) is 9.59 Å². The van der Waals surface area contributed by atoms with E-state index in [4.69, 9.17) is 5.11 Å². The summed E-state index contributed by atoms with van der Waals surface area (Å²) < 4.78 is 2.92. The third-order valence-electron chi connectivity index (χ3n) is 4.07. The van der Waals surface area contributed by atoms with Gasteiger partial charge in [0.15, 0.2) is 5.82 Å². The Hall–Kier alpha value is -3.22. The van der Waals surface area contributed by atoms with E-state index in [0.29, 0.717) is 23.8 Å². The van der Waals surface area contributed by atoms with Crippen LogP contribution in [0.5, 0.6) is 0 Å². The number of carbonyl (C=O) groups is 1. The number of carboxylic acids is 1. The fraction of sp³-hybridized carbons (Fsp3) is 0.222. The molecule has 0 aliphatic rings. The molecule has 0 fully saturated rings. The Bertz CT molecular complexity index is 1030. The predicted molar refractivity (Wildman–Crippen MR) is 93.7 cm³/mol. The second kappa shape index (κ2) is 6.35. The highest BCUT2D eigenvalue weighted by atomic mass is 16.4. The molecule has 0 spiro atoms. The molecular formula is C18H18N4O3. The monoisotopic (exact) mass is 338 g/mol. The third kappa shape index (κ3) is 2.96. The van der Waals surface area contributed by atoms with E-state index in [1.165, 1.54) is 4.52 Å². The molecule has 3 aromatic rings. The van der Waals surface area contributed by atoms with Gasteiger partial charge in [-0.15, -0.1) is 11.7 Å². The van der Waals surface area contributed by atoms with E-state index in [2.05, 4.69) is 16.7 Å². The van der Waals surface area contributed by atoms with Gasteiger partial charge in [-0.1, -0.05) is 35.9 Å². The smallest absolute Gasteiger partial charge is 0.308 e. The Kier molecular flexibility index (Phi) is 4.22. The van der Waals surface area contributed by atoms with Crippen molar-refractivity contribution in [1.82, 2.24) is 19.2 Å². The SMILES string of the molecule is C=CCn1c(C)c(CC(=O)O)c(=O)n2nc(-c3ccc(C)cc3)nc12. The van der Waals surface area contributed by atoms with E-state index >= 15 is 0 Å². The minimum absolute atomic E-state index is 0.196. The van der Waals surface area contributed by atoms with Crippen molar-refractivity contribution in [2.24, 2.45) is 0 Å². The Morgan fingerprint density at radius 1 is 1.28 bits per heavy atom. The Labute approximate surface area is 143 Å². The molecular weight excluding hydrogens is 320 g/mol. The summed E-state index contributed by atoms with van der Waals surface area (Å²) in [5.41, 5.74) is 2.19. The summed E-state index contributed by atoms with van der Waals surface area (Å²) in [6.07, 6.45) is 1.31. The summed E-state index contributed by atoms with van der Waals surface area (Å²) in [6, 6.07) is 7.66. The Morgan fingerprint density at radius 2 is 1.96 bits per heavy atom. The van der Waals surface area contributed by atoms with Crippen LogP contribution in [-0.4, -0.2) is 30.2 Å². The lowest BCUT2D eigenvalue weighted by atomic mass is 10.1. The Morgan fingerprint density at radius 3 is 2.56 bits per heavy atom. The van der Waals surface area contributed by atoms with Gasteiger partial charge in [0.1, 0.15) is 0 Å². The molecule has 2 heterocycles. The van der Waals surface area contributed by atoms with E-state index in [-0.39, 0.29) is 12.0 Å². The van der Waals surface area contributed by atoms with E-state index in [1.54, 1.807) is 17.6 Å². The number of hydrogen-bond donors (Lipinski definition) is 1. The highest BCUT2D eigenvalue weighted by Gasteiger charge is 2.19. The predicted octanol–water partition coefficient (Wildman–Crippen LogP) is 1.99. The van der Waals surface area contributed by atoms with E-state index in [1.807, 2.05) is 31.2 Å². The van der Waals surface area contributed by atoms with E-state index in [0.717, 1.165) is 11.1 Å². The first-order valence-electron chi connectivity index (χ1n) is 7.81. The zero-order valence-electron chi connectivity index (χ0n) is 14.1. The van der Waals surface area contributed by atoms with Gasteiger partial charge < -0.3 is 9.67 Å². The van der Waals surface area contributed by atoms with Crippen LogP contribution in [0.15, 0.2) is 41.7 Å². The van der Waals surface area contributed by atoms with Crippen LogP contribution in [0.2, 0.25) is 0 Å². The molecule has 0 saturated heterocycles. The van der Waals surface area contributed by atoms with Crippen molar-refractivity contribution in [3.63, 3.8) is 0 Å². The van der Waals surface area contributed by atoms with Crippen LogP contribution in [0.4, 0.5) is 0 Å². The third-order valence-corrected chi connectivity index (χ3v) is 4.07. The summed E-state index contributed by atoms with van der Waals surface area (Å²) in [5, 5.41) is 13.4. The second-order valence-electron chi connectivity index (χ2n) is 5.85. The minimum Gasteiger partial charge on any atom is -0.481 e. The first-order valence-corrected chi connectivity index (χ1v) is 7.81. The topological polar surface area (TPSA) is 89.5 Å². The molecule has 0 atom stereocenters. The second-order valence-corrected chi connectivity index (χ2v) is 5.85. The number of hydrogen-bond acceptors (Lipinski definition) is 4. The largest absolute Gasteiger partial charge is 0.481 e. The molecule has 25 heavy (non-hydrogen) atoms. The van der Waals surface area contributed by atoms with Crippen LogP contribution in [0.25, 0.3) is 17.2 Å². The minimum atomic E-state index is -1.07. The van der Waals surface area contributed by atoms with Crippen LogP contribution in [0.1, 0.15) is 16.8 Å². The maximum Gasteiger partial charge on any atom is 0.308 e. The van der Waals surface area contributed by atoms with Crippen LogP contribution >= 0.6 is 0 Å². The summed E-state index contributed by atoms with van der Waals surface area (Å²) >= 11 is 0. The molecule has 0 aliphatic heterocycles. The molecule has 0 bridgehead atoms. The van der Waals surface area contributed by atoms with Gasteiger partial charge in [-0.2, -0.15) is 9.50 Å². The maximum absolute atomic E-state index is 12.7. The van der Waals surface area contributed by atoms with Gasteiger partial charge in [-0.25, -0.2) is 0 Å². The fourth-order valence-corrected chi connectivity index (χ4v) is 2.74. The fourth-order valence-electron chi connectivity index (χ4n) is 2.74. The molecule has 0 unspecified atom stereocenters. The number of aromatic nitrogens is 4. The molecule has 2 aromatic heterocycles. The lowest BCUT2D eigenvalue weighted by Crippen LogP contribution is -2.27. The number of carboxylic acid groups (broad SMARTS) is 1. The maximum atomic E-state index is 12.7. The molecule has 128 valence electrons. The van der Waals surface area contributed by atoms with Crippen LogP contribution < -0.4 is 5.56 Å². The summed E-state index contributed by atoms with van der Waals surface area (Å²) in [7, 11) is 0. The van der Waals surface area contributed by atoms with Crippen LogP contribution in [0, 0.1) is 13.8 Å². The lowest BCUT2D eigenvalue weighted by molar-refractivity contribution is -0.136. The number of rotatable bonds is 5. The number of aliphatic carboxylic acids is 1.